The van der Waals surface area contributed by atoms with Gasteiger partial charge in [-0.05, 0) is 38.9 Å². The molecule has 0 bridgehead atoms. The summed E-state index contributed by atoms with van der Waals surface area (Å²) in [7, 11) is 0. The summed E-state index contributed by atoms with van der Waals surface area (Å²) < 4.78 is 0. The number of likely N-dealkylation sites (tertiary alicyclic amines) is 1. The summed E-state index contributed by atoms with van der Waals surface area (Å²) in [6.45, 7) is 9.47. The van der Waals surface area contributed by atoms with E-state index in [0.29, 0.717) is 0 Å². The van der Waals surface area contributed by atoms with Gasteiger partial charge in [-0.1, -0.05) is 39.5 Å². The molecule has 0 aromatic heterocycles. The molecule has 1 rings (SSSR count). The van der Waals surface area contributed by atoms with Gasteiger partial charge in [0.25, 0.3) is 0 Å². The molecular weight excluding hydrogens is 196 g/mol. The van der Waals surface area contributed by atoms with Crippen LogP contribution in [-0.2, 0) is 0 Å². The van der Waals surface area contributed by atoms with Gasteiger partial charge in [0.1, 0.15) is 0 Å². The van der Waals surface area contributed by atoms with Crippen LogP contribution in [0.15, 0.2) is 0 Å². The number of nitrogens with zero attached hydrogens (tertiary/aromatic N) is 1. The lowest BCUT2D eigenvalue weighted by Crippen LogP contribution is -2.38. The van der Waals surface area contributed by atoms with Crippen LogP contribution in [0.4, 0.5) is 0 Å². The van der Waals surface area contributed by atoms with Crippen LogP contribution in [0, 0.1) is 0 Å². The Hall–Kier alpha value is -0.0800. The van der Waals surface area contributed by atoms with Crippen molar-refractivity contribution < 1.29 is 0 Å². The molecule has 1 heterocycles. The smallest absolute Gasteiger partial charge is 0.0221 e. The summed E-state index contributed by atoms with van der Waals surface area (Å²) in [6, 6.07) is 0.825. The molecular formula is C14H30N2. The second-order valence-electron chi connectivity index (χ2n) is 5.05. The monoisotopic (exact) mass is 226 g/mol. The summed E-state index contributed by atoms with van der Waals surface area (Å²) in [5, 5.41) is 3.49. The molecule has 2 heteroatoms. The summed E-state index contributed by atoms with van der Waals surface area (Å²) in [6.07, 6.45) is 9.85. The first-order valence-electron chi connectivity index (χ1n) is 7.33. The third-order valence-corrected chi connectivity index (χ3v) is 3.68. The molecule has 1 aliphatic rings. The third kappa shape index (κ3) is 5.31. The van der Waals surface area contributed by atoms with Gasteiger partial charge < -0.3 is 5.32 Å². The van der Waals surface area contributed by atoms with Crippen LogP contribution in [0.2, 0.25) is 0 Å². The maximum absolute atomic E-state index is 3.49. The van der Waals surface area contributed by atoms with Crippen LogP contribution in [0.5, 0.6) is 0 Å². The molecule has 16 heavy (non-hydrogen) atoms. The second-order valence-corrected chi connectivity index (χ2v) is 5.05. The number of hydrogen-bond acceptors (Lipinski definition) is 2. The zero-order chi connectivity index (χ0) is 11.6. The van der Waals surface area contributed by atoms with Gasteiger partial charge >= 0.3 is 0 Å². The van der Waals surface area contributed by atoms with Gasteiger partial charge in [0, 0.05) is 12.6 Å². The lowest BCUT2D eigenvalue weighted by molar-refractivity contribution is 0.243. The average molecular weight is 226 g/mol. The van der Waals surface area contributed by atoms with Gasteiger partial charge in [-0.2, -0.15) is 0 Å². The quantitative estimate of drug-likeness (QED) is 0.608. The second kappa shape index (κ2) is 9.00. The highest BCUT2D eigenvalue weighted by Crippen LogP contribution is 2.17. The minimum atomic E-state index is 0.825. The highest BCUT2D eigenvalue weighted by Gasteiger charge is 2.22. The number of rotatable bonds is 9. The first-order valence-corrected chi connectivity index (χ1v) is 7.33. The van der Waals surface area contributed by atoms with Crippen molar-refractivity contribution in [3.05, 3.63) is 0 Å². The molecule has 0 radical (unpaired) electrons. The van der Waals surface area contributed by atoms with Crippen molar-refractivity contribution in [2.45, 2.75) is 64.8 Å². The highest BCUT2D eigenvalue weighted by molar-refractivity contribution is 4.80. The molecule has 1 unspecified atom stereocenters. The van der Waals surface area contributed by atoms with E-state index >= 15 is 0 Å². The molecule has 2 nitrogen and oxygen atoms in total. The van der Waals surface area contributed by atoms with E-state index in [2.05, 4.69) is 24.1 Å². The predicted octanol–water partition coefficient (Wildman–Crippen LogP) is 3.03. The Morgan fingerprint density at radius 2 is 1.94 bits per heavy atom. The van der Waals surface area contributed by atoms with Crippen LogP contribution in [0.25, 0.3) is 0 Å². The molecule has 1 atom stereocenters. The van der Waals surface area contributed by atoms with Crippen LogP contribution in [0.3, 0.4) is 0 Å². The molecule has 0 aromatic carbocycles. The van der Waals surface area contributed by atoms with E-state index in [-0.39, 0.29) is 0 Å². The van der Waals surface area contributed by atoms with Crippen molar-refractivity contribution in [1.29, 1.82) is 0 Å². The molecule has 0 saturated carbocycles. The summed E-state index contributed by atoms with van der Waals surface area (Å²) in [5.74, 6) is 0. The van der Waals surface area contributed by atoms with Crippen LogP contribution >= 0.6 is 0 Å². The Labute approximate surface area is 102 Å². The first-order chi connectivity index (χ1) is 7.88. The Morgan fingerprint density at radius 3 is 2.69 bits per heavy atom. The average Bonchev–Trinajstić information content (AvgIpc) is 2.74. The zero-order valence-electron chi connectivity index (χ0n) is 11.3. The van der Waals surface area contributed by atoms with Crippen LogP contribution < -0.4 is 5.32 Å². The van der Waals surface area contributed by atoms with Crippen molar-refractivity contribution >= 4 is 0 Å². The number of nitrogens with one attached hydrogen (secondary N) is 1. The molecule has 1 N–H and O–H groups in total. The Bertz CT molecular complexity index is 159. The summed E-state index contributed by atoms with van der Waals surface area (Å²) in [5.41, 5.74) is 0. The van der Waals surface area contributed by atoms with Crippen LogP contribution in [-0.4, -0.2) is 37.1 Å². The minimum Gasteiger partial charge on any atom is -0.315 e. The SMILES string of the molecule is CCCCCCCN1CCCC1CNCC. The number of unbranched alkanes of at least 4 members (excludes halogenated alkanes) is 4. The predicted molar refractivity (Wildman–Crippen MR) is 71.9 cm³/mol. The van der Waals surface area contributed by atoms with Gasteiger partial charge in [-0.15, -0.1) is 0 Å². The fraction of sp³-hybridized carbons (Fsp3) is 1.00. The number of likely N-dealkylation sites (N-methyl/N-ethyl adjacent to an activating group) is 1. The van der Waals surface area contributed by atoms with Gasteiger partial charge in [-0.25, -0.2) is 0 Å². The van der Waals surface area contributed by atoms with Crippen LogP contribution in [0.1, 0.15) is 58.8 Å². The topological polar surface area (TPSA) is 15.3 Å². The van der Waals surface area contributed by atoms with E-state index in [9.17, 15) is 0 Å². The molecule has 0 aromatic rings. The summed E-state index contributed by atoms with van der Waals surface area (Å²) >= 11 is 0. The third-order valence-electron chi connectivity index (χ3n) is 3.68. The summed E-state index contributed by atoms with van der Waals surface area (Å²) in [4.78, 5) is 2.70. The zero-order valence-corrected chi connectivity index (χ0v) is 11.3. The first kappa shape index (κ1) is 14.0. The lowest BCUT2D eigenvalue weighted by atomic mass is 10.1. The largest absolute Gasteiger partial charge is 0.315 e. The van der Waals surface area contributed by atoms with Gasteiger partial charge in [0.05, 0.1) is 0 Å². The normalized spacial score (nSPS) is 21.8. The Morgan fingerprint density at radius 1 is 1.12 bits per heavy atom. The molecule has 1 fully saturated rings. The van der Waals surface area contributed by atoms with Gasteiger partial charge in [0.15, 0.2) is 0 Å². The molecule has 1 aliphatic heterocycles. The van der Waals surface area contributed by atoms with E-state index in [1.165, 1.54) is 64.6 Å². The molecule has 0 spiro atoms. The van der Waals surface area contributed by atoms with Crippen molar-refractivity contribution in [3.8, 4) is 0 Å². The molecule has 0 aliphatic carbocycles. The Kier molecular flexibility index (Phi) is 7.87. The molecule has 0 amide bonds. The molecule has 1 saturated heterocycles. The van der Waals surface area contributed by atoms with Crippen molar-refractivity contribution in [2.24, 2.45) is 0 Å². The standard InChI is InChI=1S/C14H30N2/c1-3-5-6-7-8-11-16-12-9-10-14(16)13-15-4-2/h14-15H,3-13H2,1-2H3. The van der Waals surface area contributed by atoms with Crippen molar-refractivity contribution in [3.63, 3.8) is 0 Å². The maximum atomic E-state index is 3.49. The van der Waals surface area contributed by atoms with E-state index in [1.807, 2.05) is 0 Å². The van der Waals surface area contributed by atoms with E-state index in [0.717, 1.165) is 12.6 Å². The Balaban J connectivity index is 2.05. The number of hydrogen-bond donors (Lipinski definition) is 1. The van der Waals surface area contributed by atoms with Crippen molar-refractivity contribution in [2.75, 3.05) is 26.2 Å². The van der Waals surface area contributed by atoms with Crippen molar-refractivity contribution in [1.82, 2.24) is 10.2 Å². The minimum absolute atomic E-state index is 0.825. The van der Waals surface area contributed by atoms with E-state index in [4.69, 9.17) is 0 Å². The lowest BCUT2D eigenvalue weighted by Gasteiger charge is -2.24. The maximum Gasteiger partial charge on any atom is 0.0221 e. The van der Waals surface area contributed by atoms with Gasteiger partial charge in [0.2, 0.25) is 0 Å². The van der Waals surface area contributed by atoms with E-state index in [1.54, 1.807) is 0 Å². The fourth-order valence-electron chi connectivity index (χ4n) is 2.65. The van der Waals surface area contributed by atoms with E-state index < -0.39 is 0 Å². The van der Waals surface area contributed by atoms with Gasteiger partial charge in [-0.3, -0.25) is 4.90 Å². The highest BCUT2D eigenvalue weighted by atomic mass is 15.2. The fourth-order valence-corrected chi connectivity index (χ4v) is 2.65. The molecule has 96 valence electrons.